The highest BCUT2D eigenvalue weighted by atomic mass is 15.1. The maximum atomic E-state index is 3.93. The van der Waals surface area contributed by atoms with Gasteiger partial charge in [-0.1, -0.05) is 13.8 Å². The fourth-order valence-electron chi connectivity index (χ4n) is 0.832. The molecule has 0 atom stereocenters. The average Bonchev–Trinajstić information content (AvgIpc) is 1.68. The fraction of sp³-hybridized carbons (Fsp3) is 0.857. The van der Waals surface area contributed by atoms with Gasteiger partial charge in [0.25, 0.3) is 0 Å². The number of hydrogen-bond acceptors (Lipinski definition) is 0. The first-order valence-corrected chi connectivity index (χ1v) is 3.47. The lowest BCUT2D eigenvalue weighted by atomic mass is 10.4. The smallest absolute Gasteiger partial charge is 0.0527 e. The number of quaternary nitrogens is 1. The molecule has 0 rings (SSSR count). The third-order valence-corrected chi connectivity index (χ3v) is 1.21. The van der Waals surface area contributed by atoms with E-state index in [0.717, 1.165) is 0 Å². The Morgan fingerprint density at radius 3 is 1.75 bits per heavy atom. The second kappa shape index (κ2) is 5.10. The third-order valence-electron chi connectivity index (χ3n) is 1.21. The molecule has 0 heterocycles. The van der Waals surface area contributed by atoms with Crippen molar-refractivity contribution in [1.29, 1.82) is 0 Å². The molecule has 0 saturated heterocycles. The predicted octanol–water partition coefficient (Wildman–Crippen LogP) is 0.483. The highest BCUT2D eigenvalue weighted by Gasteiger charge is 1.88. The highest BCUT2D eigenvalue weighted by Crippen LogP contribution is 1.66. The molecule has 0 spiro atoms. The van der Waals surface area contributed by atoms with Gasteiger partial charge in [-0.3, -0.25) is 0 Å². The summed E-state index contributed by atoms with van der Waals surface area (Å²) in [6.07, 6.45) is 2.50. The van der Waals surface area contributed by atoms with Crippen LogP contribution in [0, 0.1) is 7.05 Å². The van der Waals surface area contributed by atoms with Crippen LogP contribution < -0.4 is 4.90 Å². The van der Waals surface area contributed by atoms with Crippen molar-refractivity contribution in [2.24, 2.45) is 0 Å². The first-order valence-electron chi connectivity index (χ1n) is 3.47. The molecule has 1 nitrogen and oxygen atoms in total. The lowest BCUT2D eigenvalue weighted by Gasteiger charge is -2.18. The topological polar surface area (TPSA) is 4.44 Å². The summed E-state index contributed by atoms with van der Waals surface area (Å²) in [6.45, 7) is 6.82. The number of rotatable bonds is 4. The van der Waals surface area contributed by atoms with Gasteiger partial charge >= 0.3 is 0 Å². The summed E-state index contributed by atoms with van der Waals surface area (Å²) < 4.78 is 0. The van der Waals surface area contributed by atoms with Crippen molar-refractivity contribution in [3.05, 3.63) is 7.05 Å². The van der Waals surface area contributed by atoms with Crippen LogP contribution in [0.4, 0.5) is 0 Å². The Hall–Kier alpha value is -0.0400. The van der Waals surface area contributed by atoms with E-state index in [9.17, 15) is 0 Å². The molecule has 0 amide bonds. The molecule has 0 bridgehead atoms. The van der Waals surface area contributed by atoms with Crippen LogP contribution in [0.15, 0.2) is 0 Å². The molecule has 0 fully saturated rings. The molecule has 0 unspecified atom stereocenters. The van der Waals surface area contributed by atoms with Crippen LogP contribution in [0.5, 0.6) is 0 Å². The molecule has 0 aromatic rings. The molecular formula is C7H17N. The minimum atomic E-state index is 1.22. The first-order chi connectivity index (χ1) is 3.81. The summed E-state index contributed by atoms with van der Waals surface area (Å²) >= 11 is 0. The van der Waals surface area contributed by atoms with Crippen LogP contribution in [0.3, 0.4) is 0 Å². The number of hydrogen-bond donors (Lipinski definition) is 1. The van der Waals surface area contributed by atoms with Gasteiger partial charge in [-0.05, 0) is 12.8 Å². The fourth-order valence-corrected chi connectivity index (χ4v) is 0.832. The van der Waals surface area contributed by atoms with E-state index in [1.807, 2.05) is 0 Å². The zero-order chi connectivity index (χ0) is 6.41. The summed E-state index contributed by atoms with van der Waals surface area (Å²) in [6, 6.07) is 0. The van der Waals surface area contributed by atoms with Gasteiger partial charge in [0, 0.05) is 0 Å². The molecule has 1 N–H and O–H groups in total. The van der Waals surface area contributed by atoms with Gasteiger partial charge in [-0.2, -0.15) is 7.05 Å². The van der Waals surface area contributed by atoms with Gasteiger partial charge in [0.15, 0.2) is 0 Å². The van der Waals surface area contributed by atoms with Crippen LogP contribution in [0.25, 0.3) is 0 Å². The van der Waals surface area contributed by atoms with Gasteiger partial charge in [0.05, 0.1) is 13.1 Å². The quantitative estimate of drug-likeness (QED) is 0.508. The Morgan fingerprint density at radius 1 is 1.12 bits per heavy atom. The van der Waals surface area contributed by atoms with Crippen molar-refractivity contribution >= 4 is 0 Å². The Balaban J connectivity index is 2.92. The Bertz CT molecular complexity index is 37.7. The van der Waals surface area contributed by atoms with Crippen LogP contribution in [-0.4, -0.2) is 13.1 Å². The van der Waals surface area contributed by atoms with E-state index in [-0.39, 0.29) is 0 Å². The SMILES string of the molecule is [CH2-][NH+](CCC)CCC. The maximum Gasteiger partial charge on any atom is 0.0527 e. The minimum absolute atomic E-state index is 1.22. The summed E-state index contributed by atoms with van der Waals surface area (Å²) in [5, 5.41) is 0. The number of nitrogens with one attached hydrogen (secondary N) is 1. The molecule has 50 valence electrons. The molecule has 0 aliphatic heterocycles. The van der Waals surface area contributed by atoms with Crippen LogP contribution >= 0.6 is 0 Å². The van der Waals surface area contributed by atoms with Gasteiger partial charge in [-0.15, -0.1) is 0 Å². The molecule has 0 aromatic carbocycles. The normalized spacial score (nSPS) is 10.5. The standard InChI is InChI=1S/C7H17N/c1-4-6-8(3)7-5-2/h8H,3-7H2,1-2H3. The zero-order valence-corrected chi connectivity index (χ0v) is 6.04. The molecular weight excluding hydrogens is 98.1 g/mol. The van der Waals surface area contributed by atoms with Crippen molar-refractivity contribution in [2.45, 2.75) is 26.7 Å². The van der Waals surface area contributed by atoms with E-state index < -0.39 is 0 Å². The van der Waals surface area contributed by atoms with E-state index in [1.54, 1.807) is 0 Å². The highest BCUT2D eigenvalue weighted by molar-refractivity contribution is 4.24. The van der Waals surface area contributed by atoms with Crippen LogP contribution in [0.2, 0.25) is 0 Å². The van der Waals surface area contributed by atoms with E-state index >= 15 is 0 Å². The van der Waals surface area contributed by atoms with Crippen molar-refractivity contribution in [2.75, 3.05) is 13.1 Å². The Kier molecular flexibility index (Phi) is 5.08. The second-order valence-electron chi connectivity index (χ2n) is 2.25. The van der Waals surface area contributed by atoms with Crippen molar-refractivity contribution in [1.82, 2.24) is 0 Å². The van der Waals surface area contributed by atoms with Crippen molar-refractivity contribution in [3.63, 3.8) is 0 Å². The average molecular weight is 115 g/mol. The molecule has 1 heteroatoms. The van der Waals surface area contributed by atoms with Gasteiger partial charge in [0.1, 0.15) is 0 Å². The molecule has 0 aromatic heterocycles. The largest absolute Gasteiger partial charge is 0.468 e. The van der Waals surface area contributed by atoms with Crippen molar-refractivity contribution < 1.29 is 4.90 Å². The van der Waals surface area contributed by atoms with E-state index in [4.69, 9.17) is 0 Å². The van der Waals surface area contributed by atoms with Crippen LogP contribution in [0.1, 0.15) is 26.7 Å². The third kappa shape index (κ3) is 4.13. The minimum Gasteiger partial charge on any atom is -0.468 e. The molecule has 0 radical (unpaired) electrons. The molecule has 0 aliphatic rings. The van der Waals surface area contributed by atoms with Crippen molar-refractivity contribution in [3.8, 4) is 0 Å². The predicted molar refractivity (Wildman–Crippen MR) is 36.6 cm³/mol. The van der Waals surface area contributed by atoms with Gasteiger partial charge < -0.3 is 4.90 Å². The van der Waals surface area contributed by atoms with Gasteiger partial charge in [0.2, 0.25) is 0 Å². The summed E-state index contributed by atoms with van der Waals surface area (Å²) in [5.41, 5.74) is 0. The lowest BCUT2D eigenvalue weighted by Crippen LogP contribution is -3.06. The Labute approximate surface area is 52.7 Å². The van der Waals surface area contributed by atoms with Gasteiger partial charge in [-0.25, -0.2) is 0 Å². The Morgan fingerprint density at radius 2 is 1.50 bits per heavy atom. The second-order valence-corrected chi connectivity index (χ2v) is 2.25. The summed E-state index contributed by atoms with van der Waals surface area (Å²) in [7, 11) is 3.93. The molecule has 0 saturated carbocycles. The van der Waals surface area contributed by atoms with E-state index in [1.165, 1.54) is 30.8 Å². The van der Waals surface area contributed by atoms with E-state index in [2.05, 4.69) is 20.9 Å². The summed E-state index contributed by atoms with van der Waals surface area (Å²) in [5.74, 6) is 0. The zero-order valence-electron chi connectivity index (χ0n) is 6.04. The van der Waals surface area contributed by atoms with E-state index in [0.29, 0.717) is 0 Å². The maximum absolute atomic E-state index is 3.93. The van der Waals surface area contributed by atoms with Crippen LogP contribution in [-0.2, 0) is 0 Å². The first kappa shape index (κ1) is 7.96. The molecule has 0 aliphatic carbocycles. The molecule has 8 heavy (non-hydrogen) atoms. The monoisotopic (exact) mass is 115 g/mol. The lowest BCUT2D eigenvalue weighted by molar-refractivity contribution is -0.853. The summed E-state index contributed by atoms with van der Waals surface area (Å²) in [4.78, 5) is 1.41.